The lowest BCUT2D eigenvalue weighted by Crippen LogP contribution is -2.30. The molecule has 6 heteroatoms. The van der Waals surface area contributed by atoms with E-state index in [-0.39, 0.29) is 31.1 Å². The third-order valence-corrected chi connectivity index (χ3v) is 12.7. The summed E-state index contributed by atoms with van der Waals surface area (Å²) in [5.74, 6) is -0.920. The van der Waals surface area contributed by atoms with E-state index in [9.17, 15) is 14.4 Å². The number of ether oxygens (including phenoxy) is 3. The normalized spacial score (nSPS) is 13.1. The first-order valence-corrected chi connectivity index (χ1v) is 30.7. The number of esters is 3. The van der Waals surface area contributed by atoms with Crippen molar-refractivity contribution < 1.29 is 28.6 Å². The van der Waals surface area contributed by atoms with Crippen molar-refractivity contribution in [3.05, 3.63) is 134 Å². The van der Waals surface area contributed by atoms with Crippen LogP contribution in [-0.4, -0.2) is 37.2 Å². The molecule has 424 valence electrons. The number of carbonyl (C=O) groups is 3. The minimum Gasteiger partial charge on any atom is -0.462 e. The van der Waals surface area contributed by atoms with Crippen LogP contribution in [0.25, 0.3) is 0 Å². The highest BCUT2D eigenvalue weighted by Crippen LogP contribution is 2.15. The lowest BCUT2D eigenvalue weighted by molar-refractivity contribution is -0.167. The Morgan fingerprint density at radius 1 is 0.280 bits per heavy atom. The molecule has 0 aliphatic carbocycles. The maximum Gasteiger partial charge on any atom is 0.306 e. The molecule has 0 aliphatic rings. The monoisotopic (exact) mass is 1040 g/mol. The van der Waals surface area contributed by atoms with Crippen LogP contribution in [0.15, 0.2) is 134 Å². The van der Waals surface area contributed by atoms with Gasteiger partial charge in [0.05, 0.1) is 0 Å². The number of carbonyl (C=O) groups excluding carboxylic acids is 3. The molecule has 0 N–H and O–H groups in total. The van der Waals surface area contributed by atoms with Crippen molar-refractivity contribution in [3.63, 3.8) is 0 Å². The first kappa shape index (κ1) is 70.5. The summed E-state index contributed by atoms with van der Waals surface area (Å²) in [7, 11) is 0. The van der Waals surface area contributed by atoms with E-state index in [0.717, 1.165) is 148 Å². The van der Waals surface area contributed by atoms with Gasteiger partial charge in [0.2, 0.25) is 0 Å². The first-order chi connectivity index (χ1) is 37.0. The molecule has 75 heavy (non-hydrogen) atoms. The minimum atomic E-state index is -0.787. The van der Waals surface area contributed by atoms with Crippen molar-refractivity contribution in [1.82, 2.24) is 0 Å². The van der Waals surface area contributed by atoms with E-state index < -0.39 is 6.10 Å². The number of rotatable bonds is 54. The molecule has 0 spiro atoms. The average molecular weight is 1040 g/mol. The number of unbranched alkanes of at least 4 members (excludes halogenated alkanes) is 21. The Kier molecular flexibility index (Phi) is 58.4. The molecule has 0 rings (SSSR count). The Morgan fingerprint density at radius 2 is 0.520 bits per heavy atom. The van der Waals surface area contributed by atoms with E-state index in [1.165, 1.54) is 77.0 Å². The highest BCUT2D eigenvalue weighted by atomic mass is 16.6. The second-order valence-corrected chi connectivity index (χ2v) is 19.9. The van der Waals surface area contributed by atoms with Gasteiger partial charge in [0.25, 0.3) is 0 Å². The zero-order valence-electron chi connectivity index (χ0n) is 48.5. The van der Waals surface area contributed by atoms with Gasteiger partial charge in [0.1, 0.15) is 13.2 Å². The van der Waals surface area contributed by atoms with E-state index in [0.29, 0.717) is 19.3 Å². The third-order valence-electron chi connectivity index (χ3n) is 12.7. The lowest BCUT2D eigenvalue weighted by Gasteiger charge is -2.18. The van der Waals surface area contributed by atoms with E-state index in [1.54, 1.807) is 0 Å². The molecule has 0 aromatic heterocycles. The van der Waals surface area contributed by atoms with E-state index in [2.05, 4.69) is 154 Å². The van der Waals surface area contributed by atoms with Crippen LogP contribution in [0.3, 0.4) is 0 Å². The summed E-state index contributed by atoms with van der Waals surface area (Å²) in [6.07, 6.45) is 87.9. The van der Waals surface area contributed by atoms with Crippen LogP contribution in [0, 0.1) is 0 Å². The van der Waals surface area contributed by atoms with E-state index in [1.807, 2.05) is 0 Å². The highest BCUT2D eigenvalue weighted by Gasteiger charge is 2.19. The molecule has 0 aromatic carbocycles. The predicted molar refractivity (Wildman–Crippen MR) is 325 cm³/mol. The van der Waals surface area contributed by atoms with Gasteiger partial charge in [-0.1, -0.05) is 264 Å². The molecule has 1 unspecified atom stereocenters. The summed E-state index contributed by atoms with van der Waals surface area (Å²) in [4.78, 5) is 37.9. The predicted octanol–water partition coefficient (Wildman–Crippen LogP) is 21.0. The maximum atomic E-state index is 12.8. The minimum absolute atomic E-state index is 0.0875. The molecule has 6 nitrogen and oxygen atoms in total. The van der Waals surface area contributed by atoms with Crippen LogP contribution in [0.2, 0.25) is 0 Å². The van der Waals surface area contributed by atoms with Crippen LogP contribution < -0.4 is 0 Å². The lowest BCUT2D eigenvalue weighted by atomic mass is 10.0. The van der Waals surface area contributed by atoms with Crippen molar-refractivity contribution in [3.8, 4) is 0 Å². The molecule has 0 radical (unpaired) electrons. The number of allylic oxidation sites excluding steroid dienone is 22. The van der Waals surface area contributed by atoms with Gasteiger partial charge in [-0.2, -0.15) is 0 Å². The zero-order valence-corrected chi connectivity index (χ0v) is 48.5. The van der Waals surface area contributed by atoms with Gasteiger partial charge >= 0.3 is 17.9 Å². The molecule has 0 saturated carbocycles. The fraction of sp³-hybridized carbons (Fsp3) is 0.638. The van der Waals surface area contributed by atoms with Crippen molar-refractivity contribution in [2.75, 3.05) is 13.2 Å². The smallest absolute Gasteiger partial charge is 0.306 e. The van der Waals surface area contributed by atoms with E-state index >= 15 is 0 Å². The van der Waals surface area contributed by atoms with E-state index in [4.69, 9.17) is 14.2 Å². The van der Waals surface area contributed by atoms with Crippen LogP contribution >= 0.6 is 0 Å². The van der Waals surface area contributed by atoms with Crippen LogP contribution in [0.1, 0.15) is 265 Å². The van der Waals surface area contributed by atoms with Crippen molar-refractivity contribution in [2.45, 2.75) is 271 Å². The maximum absolute atomic E-state index is 12.8. The fourth-order valence-electron chi connectivity index (χ4n) is 8.12. The molecule has 1 atom stereocenters. The van der Waals surface area contributed by atoms with Crippen molar-refractivity contribution in [1.29, 1.82) is 0 Å². The summed E-state index contributed by atoms with van der Waals surface area (Å²) >= 11 is 0. The molecule has 0 bridgehead atoms. The van der Waals surface area contributed by atoms with Gasteiger partial charge in [-0.05, 0) is 116 Å². The second kappa shape index (κ2) is 62.1. The SMILES string of the molecule is CC/C=C\C/C=C\C/C=C\C/C=C\C/C=C\C/C=C\C/C=C\CCCCCCCCCCCCCC(=O)OCC(COC(=O)CCCCCCC)OC(=O)CCCCCCCC/C=C\C/C=C\C/C=C\C/C=C\CC. The van der Waals surface area contributed by atoms with Gasteiger partial charge in [0.15, 0.2) is 6.10 Å². The molecule has 0 saturated heterocycles. The van der Waals surface area contributed by atoms with Gasteiger partial charge in [-0.15, -0.1) is 0 Å². The summed E-state index contributed by atoms with van der Waals surface area (Å²) in [5, 5.41) is 0. The highest BCUT2D eigenvalue weighted by molar-refractivity contribution is 5.71. The van der Waals surface area contributed by atoms with Gasteiger partial charge < -0.3 is 14.2 Å². The van der Waals surface area contributed by atoms with Gasteiger partial charge in [0, 0.05) is 19.3 Å². The topological polar surface area (TPSA) is 78.9 Å². The van der Waals surface area contributed by atoms with Crippen molar-refractivity contribution in [2.24, 2.45) is 0 Å². The molecule has 0 heterocycles. The largest absolute Gasteiger partial charge is 0.462 e. The summed E-state index contributed by atoms with van der Waals surface area (Å²) < 4.78 is 16.7. The van der Waals surface area contributed by atoms with Crippen LogP contribution in [0.5, 0.6) is 0 Å². The van der Waals surface area contributed by atoms with Gasteiger partial charge in [-0.3, -0.25) is 14.4 Å². The quantitative estimate of drug-likeness (QED) is 0.0261. The average Bonchev–Trinajstić information content (AvgIpc) is 3.41. The standard InChI is InChI=1S/C69H112O6/c1-4-7-10-13-15-17-19-21-23-25-27-28-29-30-31-32-33-34-35-36-37-38-39-40-42-43-45-47-49-51-53-56-59-62-68(71)74-65-66(64-73-67(70)61-58-55-12-9-6-3)75-69(72)63-60-57-54-52-50-48-46-44-41-26-24-22-20-18-16-14-11-8-5-2/h7-8,10-11,15-18,21-24,27-28,30-31,33-34,36-37,41,44,66H,4-6,9,12-14,19-20,25-26,29,32,35,38-40,42-43,45-65H2,1-3H3/b10-7-,11-8-,17-15-,18-16-,23-21-,24-22-,28-27-,31-30-,34-33-,37-36-,44-41-. The Morgan fingerprint density at radius 3 is 0.813 bits per heavy atom. The molecule has 0 amide bonds. The molecule has 0 fully saturated rings. The summed E-state index contributed by atoms with van der Waals surface area (Å²) in [6.45, 7) is 6.31. The molecule has 0 aromatic rings. The summed E-state index contributed by atoms with van der Waals surface area (Å²) in [6, 6.07) is 0. The Hall–Kier alpha value is -4.45. The van der Waals surface area contributed by atoms with Crippen LogP contribution in [-0.2, 0) is 28.6 Å². The first-order valence-electron chi connectivity index (χ1n) is 30.7. The third kappa shape index (κ3) is 60.3. The van der Waals surface area contributed by atoms with Gasteiger partial charge in [-0.25, -0.2) is 0 Å². The molecule has 0 aliphatic heterocycles. The Labute approximate surface area is 462 Å². The zero-order chi connectivity index (χ0) is 54.3. The molecular formula is C69H112O6. The van der Waals surface area contributed by atoms with Crippen molar-refractivity contribution >= 4 is 17.9 Å². The van der Waals surface area contributed by atoms with Crippen LogP contribution in [0.4, 0.5) is 0 Å². The second-order valence-electron chi connectivity index (χ2n) is 19.9. The Bertz CT molecular complexity index is 1620. The summed E-state index contributed by atoms with van der Waals surface area (Å²) in [5.41, 5.74) is 0. The molecular weight excluding hydrogens is 925 g/mol. The fourth-order valence-corrected chi connectivity index (χ4v) is 8.12. The Balaban J connectivity index is 4.07. The number of hydrogen-bond acceptors (Lipinski definition) is 6. The number of hydrogen-bond donors (Lipinski definition) is 0.